The lowest BCUT2D eigenvalue weighted by Gasteiger charge is -2.30. The SMILES string of the molecule is CCOC(=O)C1=C(C(C)C)NC(=S)N[C@H]1/C=C/c1ccc(C(F)(F)F)cc1. The van der Waals surface area contributed by atoms with Crippen LogP contribution in [0.25, 0.3) is 6.08 Å². The summed E-state index contributed by atoms with van der Waals surface area (Å²) in [6, 6.07) is 4.23. The molecule has 1 aliphatic rings. The van der Waals surface area contributed by atoms with Crippen LogP contribution >= 0.6 is 12.2 Å². The molecule has 0 amide bonds. The predicted molar refractivity (Wildman–Crippen MR) is 102 cm³/mol. The summed E-state index contributed by atoms with van der Waals surface area (Å²) in [7, 11) is 0. The van der Waals surface area contributed by atoms with Gasteiger partial charge in [-0.25, -0.2) is 4.79 Å². The number of hydrogen-bond acceptors (Lipinski definition) is 3. The van der Waals surface area contributed by atoms with E-state index >= 15 is 0 Å². The second kappa shape index (κ2) is 8.56. The molecule has 1 aliphatic heterocycles. The largest absolute Gasteiger partial charge is 0.463 e. The van der Waals surface area contributed by atoms with Gasteiger partial charge in [-0.05, 0) is 42.8 Å². The molecule has 146 valence electrons. The van der Waals surface area contributed by atoms with Crippen LogP contribution in [0.3, 0.4) is 0 Å². The van der Waals surface area contributed by atoms with Gasteiger partial charge in [0.1, 0.15) is 0 Å². The Balaban J connectivity index is 2.33. The van der Waals surface area contributed by atoms with Crippen molar-refractivity contribution in [1.29, 1.82) is 0 Å². The molecule has 0 unspecified atom stereocenters. The molecule has 2 N–H and O–H groups in total. The van der Waals surface area contributed by atoms with Crippen molar-refractivity contribution >= 4 is 29.4 Å². The molecule has 0 aromatic heterocycles. The van der Waals surface area contributed by atoms with Gasteiger partial charge < -0.3 is 15.4 Å². The summed E-state index contributed by atoms with van der Waals surface area (Å²) < 4.78 is 43.1. The molecule has 4 nitrogen and oxygen atoms in total. The topological polar surface area (TPSA) is 50.4 Å². The zero-order valence-electron chi connectivity index (χ0n) is 15.2. The Bertz CT molecular complexity index is 768. The van der Waals surface area contributed by atoms with Crippen molar-refractivity contribution in [3.05, 3.63) is 52.7 Å². The van der Waals surface area contributed by atoms with E-state index in [4.69, 9.17) is 17.0 Å². The second-order valence-corrected chi connectivity index (χ2v) is 6.67. The predicted octanol–water partition coefficient (Wildman–Crippen LogP) is 4.04. The molecule has 0 fully saturated rings. The fourth-order valence-electron chi connectivity index (χ4n) is 2.64. The van der Waals surface area contributed by atoms with Gasteiger partial charge in [0.05, 0.1) is 23.8 Å². The van der Waals surface area contributed by atoms with Crippen LogP contribution < -0.4 is 10.6 Å². The van der Waals surface area contributed by atoms with Crippen molar-refractivity contribution in [2.75, 3.05) is 6.61 Å². The zero-order valence-corrected chi connectivity index (χ0v) is 16.0. The lowest BCUT2D eigenvalue weighted by molar-refractivity contribution is -0.139. The minimum atomic E-state index is -4.38. The van der Waals surface area contributed by atoms with Crippen molar-refractivity contribution < 1.29 is 22.7 Å². The number of esters is 1. The Kier molecular flexibility index (Phi) is 6.64. The third-order valence-corrected chi connectivity index (χ3v) is 4.15. The summed E-state index contributed by atoms with van der Waals surface area (Å²) >= 11 is 5.20. The van der Waals surface area contributed by atoms with E-state index in [1.54, 1.807) is 19.1 Å². The summed E-state index contributed by atoms with van der Waals surface area (Å²) in [6.07, 6.45) is -1.05. The van der Waals surface area contributed by atoms with E-state index in [0.717, 1.165) is 12.1 Å². The maximum absolute atomic E-state index is 12.7. The van der Waals surface area contributed by atoms with E-state index in [0.29, 0.717) is 21.9 Å². The average Bonchev–Trinajstić information content (AvgIpc) is 2.59. The minimum absolute atomic E-state index is 0.00595. The van der Waals surface area contributed by atoms with Gasteiger partial charge in [0, 0.05) is 5.70 Å². The van der Waals surface area contributed by atoms with Crippen LogP contribution in [0.1, 0.15) is 31.9 Å². The Morgan fingerprint density at radius 3 is 2.44 bits per heavy atom. The van der Waals surface area contributed by atoms with Crippen LogP contribution in [0, 0.1) is 5.92 Å². The number of hydrogen-bond donors (Lipinski definition) is 2. The molecule has 2 rings (SSSR count). The number of ether oxygens (including phenoxy) is 1. The fourth-order valence-corrected chi connectivity index (χ4v) is 2.88. The number of carbonyl (C=O) groups excluding carboxylic acids is 1. The highest BCUT2D eigenvalue weighted by atomic mass is 32.1. The fraction of sp³-hybridized carbons (Fsp3) is 0.368. The van der Waals surface area contributed by atoms with Crippen molar-refractivity contribution in [2.45, 2.75) is 33.0 Å². The number of rotatable bonds is 5. The van der Waals surface area contributed by atoms with E-state index in [-0.39, 0.29) is 12.5 Å². The third-order valence-electron chi connectivity index (χ3n) is 3.93. The highest BCUT2D eigenvalue weighted by molar-refractivity contribution is 7.80. The van der Waals surface area contributed by atoms with Gasteiger partial charge in [0.2, 0.25) is 0 Å². The summed E-state index contributed by atoms with van der Waals surface area (Å²) in [5.74, 6) is -0.461. The number of benzene rings is 1. The molecule has 1 aromatic rings. The van der Waals surface area contributed by atoms with Crippen LogP contribution in [0.2, 0.25) is 0 Å². The molecule has 1 atom stereocenters. The molecule has 0 bridgehead atoms. The van der Waals surface area contributed by atoms with Crippen LogP contribution in [0.5, 0.6) is 0 Å². The van der Waals surface area contributed by atoms with E-state index in [9.17, 15) is 18.0 Å². The van der Waals surface area contributed by atoms with Gasteiger partial charge in [0.15, 0.2) is 5.11 Å². The minimum Gasteiger partial charge on any atom is -0.463 e. The lowest BCUT2D eigenvalue weighted by Crippen LogP contribution is -2.50. The molecule has 0 radical (unpaired) electrons. The van der Waals surface area contributed by atoms with Crippen LogP contribution in [0.4, 0.5) is 13.2 Å². The van der Waals surface area contributed by atoms with E-state index in [1.807, 2.05) is 13.8 Å². The Labute approximate surface area is 161 Å². The maximum atomic E-state index is 12.7. The molecule has 27 heavy (non-hydrogen) atoms. The quantitative estimate of drug-likeness (QED) is 0.579. The smallest absolute Gasteiger partial charge is 0.416 e. The van der Waals surface area contributed by atoms with Gasteiger partial charge in [-0.3, -0.25) is 0 Å². The lowest BCUT2D eigenvalue weighted by atomic mass is 9.95. The van der Waals surface area contributed by atoms with Crippen LogP contribution in [-0.2, 0) is 15.7 Å². The van der Waals surface area contributed by atoms with Gasteiger partial charge in [-0.15, -0.1) is 0 Å². The highest BCUT2D eigenvalue weighted by Gasteiger charge is 2.31. The number of nitrogens with one attached hydrogen (secondary N) is 2. The molecule has 0 saturated heterocycles. The maximum Gasteiger partial charge on any atom is 0.416 e. The number of thiocarbonyl (C=S) groups is 1. The average molecular weight is 398 g/mol. The van der Waals surface area contributed by atoms with Crippen LogP contribution in [0.15, 0.2) is 41.6 Å². The van der Waals surface area contributed by atoms with Crippen molar-refractivity contribution in [3.63, 3.8) is 0 Å². The first-order chi connectivity index (χ1) is 12.6. The van der Waals surface area contributed by atoms with Crippen molar-refractivity contribution in [3.8, 4) is 0 Å². The second-order valence-electron chi connectivity index (χ2n) is 6.26. The highest BCUT2D eigenvalue weighted by Crippen LogP contribution is 2.29. The van der Waals surface area contributed by atoms with Gasteiger partial charge in [-0.2, -0.15) is 13.2 Å². The standard InChI is InChI=1S/C19H21F3N2O2S/c1-4-26-17(25)15-14(23-18(27)24-16(15)11(2)3)10-7-12-5-8-13(9-6-12)19(20,21)22/h5-11,14H,4H2,1-3H3,(H2,23,24,27)/b10-7+/t14-/m0/s1. The summed E-state index contributed by atoms with van der Waals surface area (Å²) in [5, 5.41) is 6.36. The summed E-state index contributed by atoms with van der Waals surface area (Å²) in [4.78, 5) is 12.4. The first-order valence-corrected chi connectivity index (χ1v) is 8.88. The molecule has 1 heterocycles. The normalized spacial score (nSPS) is 17.9. The van der Waals surface area contributed by atoms with Crippen molar-refractivity contribution in [1.82, 2.24) is 10.6 Å². The summed E-state index contributed by atoms with van der Waals surface area (Å²) in [5.41, 5.74) is 0.932. The molecule has 0 saturated carbocycles. The number of allylic oxidation sites excluding steroid dienone is 1. The monoisotopic (exact) mass is 398 g/mol. The van der Waals surface area contributed by atoms with E-state index in [2.05, 4.69) is 10.6 Å². The first-order valence-electron chi connectivity index (χ1n) is 8.47. The third kappa shape index (κ3) is 5.32. The number of carbonyl (C=O) groups is 1. The van der Waals surface area contributed by atoms with E-state index < -0.39 is 23.8 Å². The Morgan fingerprint density at radius 2 is 1.93 bits per heavy atom. The van der Waals surface area contributed by atoms with Gasteiger partial charge >= 0.3 is 12.1 Å². The number of halogens is 3. The molecule has 0 aliphatic carbocycles. The molecule has 0 spiro atoms. The Hall–Kier alpha value is -2.35. The van der Waals surface area contributed by atoms with Crippen molar-refractivity contribution in [2.24, 2.45) is 5.92 Å². The zero-order chi connectivity index (χ0) is 20.2. The van der Waals surface area contributed by atoms with Gasteiger partial charge in [0.25, 0.3) is 0 Å². The summed E-state index contributed by atoms with van der Waals surface area (Å²) in [6.45, 7) is 5.79. The molecular formula is C19H21F3N2O2S. The van der Waals surface area contributed by atoms with E-state index in [1.165, 1.54) is 12.1 Å². The molecule has 8 heteroatoms. The molecular weight excluding hydrogens is 377 g/mol. The first kappa shape index (κ1) is 21.0. The Morgan fingerprint density at radius 1 is 1.30 bits per heavy atom. The van der Waals surface area contributed by atoms with Gasteiger partial charge in [-0.1, -0.05) is 38.1 Å². The number of alkyl halides is 3. The van der Waals surface area contributed by atoms with Crippen LogP contribution in [-0.4, -0.2) is 23.7 Å². The molecule has 1 aromatic carbocycles.